The van der Waals surface area contributed by atoms with Gasteiger partial charge in [-0.1, -0.05) is 29.8 Å². The smallest absolute Gasteiger partial charge is 0.230 e. The van der Waals surface area contributed by atoms with Gasteiger partial charge < -0.3 is 0 Å². The van der Waals surface area contributed by atoms with Gasteiger partial charge in [0, 0.05) is 10.9 Å². The van der Waals surface area contributed by atoms with E-state index in [1.165, 1.54) is 0 Å². The second-order valence-electron chi connectivity index (χ2n) is 6.32. The summed E-state index contributed by atoms with van der Waals surface area (Å²) in [6.07, 6.45) is 4.78. The minimum absolute atomic E-state index is 0.0313. The van der Waals surface area contributed by atoms with Crippen molar-refractivity contribution in [3.05, 3.63) is 46.5 Å². The minimum Gasteiger partial charge on any atom is -0.258 e. The molecule has 2 aliphatic carbocycles. The Kier molecular flexibility index (Phi) is 4.15. The molecule has 0 amide bonds. The van der Waals surface area contributed by atoms with Crippen LogP contribution < -0.4 is 5.41 Å². The quantitative estimate of drug-likeness (QED) is 0.798. The zero-order chi connectivity index (χ0) is 17.3. The van der Waals surface area contributed by atoms with Crippen molar-refractivity contribution in [1.29, 1.82) is 15.8 Å². The number of fused-ring (bicyclic) bond motifs is 1. The zero-order valence-electron chi connectivity index (χ0n) is 13.0. The van der Waals surface area contributed by atoms with Crippen molar-refractivity contribution in [2.45, 2.75) is 25.2 Å². The van der Waals surface area contributed by atoms with Crippen LogP contribution in [0.1, 0.15) is 30.7 Å². The van der Waals surface area contributed by atoms with Gasteiger partial charge in [-0.3, -0.25) is 5.41 Å². The summed E-state index contributed by atoms with van der Waals surface area (Å²) >= 11 is 5.99. The summed E-state index contributed by atoms with van der Waals surface area (Å²) in [6.45, 7) is 0. The summed E-state index contributed by atoms with van der Waals surface area (Å²) in [5.74, 6) is -1.09. The zero-order valence-corrected chi connectivity index (χ0v) is 13.8. The molecule has 1 aromatic rings. The van der Waals surface area contributed by atoms with Crippen LogP contribution in [0.25, 0.3) is 0 Å². The van der Waals surface area contributed by atoms with Gasteiger partial charge in [0.25, 0.3) is 0 Å². The van der Waals surface area contributed by atoms with Crippen molar-refractivity contribution >= 4 is 17.3 Å². The molecule has 3 rings (SSSR count). The van der Waals surface area contributed by atoms with Crippen molar-refractivity contribution in [1.82, 2.24) is 0 Å². The molecule has 118 valence electrons. The first-order valence-corrected chi connectivity index (χ1v) is 8.27. The van der Waals surface area contributed by atoms with Crippen LogP contribution in [0.5, 0.6) is 0 Å². The first kappa shape index (κ1) is 16.3. The molecule has 1 aromatic carbocycles. The fraction of sp³-hybridized carbons (Fsp3) is 0.368. The van der Waals surface area contributed by atoms with Crippen molar-refractivity contribution in [3.63, 3.8) is 0 Å². The molecule has 0 aromatic heterocycles. The first-order chi connectivity index (χ1) is 11.6. The fourth-order valence-electron chi connectivity index (χ4n) is 4.09. The maximum atomic E-state index is 9.87. The molecular weight excluding hydrogens is 320 g/mol. The Morgan fingerprint density at radius 2 is 1.79 bits per heavy atom. The van der Waals surface area contributed by atoms with Gasteiger partial charge in [0.15, 0.2) is 0 Å². The highest BCUT2D eigenvalue weighted by Gasteiger charge is 2.60. The van der Waals surface area contributed by atoms with Gasteiger partial charge in [-0.05, 0) is 48.4 Å². The number of halogens is 1. The number of benzene rings is 1. The van der Waals surface area contributed by atoms with E-state index in [2.05, 4.69) is 24.3 Å². The molecule has 0 spiro atoms. The molecule has 1 fully saturated rings. The Morgan fingerprint density at radius 1 is 1.12 bits per heavy atom. The van der Waals surface area contributed by atoms with Gasteiger partial charge in [-0.15, -0.1) is 0 Å². The van der Waals surface area contributed by atoms with E-state index in [-0.39, 0.29) is 17.5 Å². The third-order valence-electron chi connectivity index (χ3n) is 5.21. The highest BCUT2D eigenvalue weighted by molar-refractivity contribution is 6.30. The third-order valence-corrected chi connectivity index (χ3v) is 5.46. The maximum absolute atomic E-state index is 9.87. The number of nitriles is 3. The monoisotopic (exact) mass is 335 g/mol. The number of hydrogen-bond acceptors (Lipinski definition) is 3. The topological polar surface area (TPSA) is 97.0 Å². The summed E-state index contributed by atoms with van der Waals surface area (Å²) in [4.78, 5) is 0. The Morgan fingerprint density at radius 3 is 2.38 bits per heavy atom. The molecule has 0 unspecified atom stereocenters. The molecule has 2 N–H and O–H groups in total. The van der Waals surface area contributed by atoms with Crippen LogP contribution in [0.15, 0.2) is 35.9 Å². The highest BCUT2D eigenvalue weighted by Crippen LogP contribution is 2.54. The van der Waals surface area contributed by atoms with Gasteiger partial charge in [0.2, 0.25) is 11.1 Å². The van der Waals surface area contributed by atoms with Crippen LogP contribution in [0.2, 0.25) is 5.02 Å². The molecule has 5 heteroatoms. The van der Waals surface area contributed by atoms with Gasteiger partial charge in [0.1, 0.15) is 5.92 Å². The van der Waals surface area contributed by atoms with Gasteiger partial charge in [0.05, 0.1) is 18.2 Å². The lowest BCUT2D eigenvalue weighted by atomic mass is 9.53. The fourth-order valence-corrected chi connectivity index (χ4v) is 4.22. The predicted octanol–water partition coefficient (Wildman–Crippen LogP) is 2.54. The van der Waals surface area contributed by atoms with Crippen LogP contribution >= 0.6 is 11.6 Å². The van der Waals surface area contributed by atoms with E-state index in [1.807, 2.05) is 12.1 Å². The van der Waals surface area contributed by atoms with E-state index < -0.39 is 11.3 Å². The molecule has 0 heterocycles. The number of nitrogens with two attached hydrogens (primary N) is 1. The summed E-state index contributed by atoms with van der Waals surface area (Å²) in [5.41, 5.74) is 0.467. The van der Waals surface area contributed by atoms with E-state index in [4.69, 9.17) is 17.0 Å². The first-order valence-electron chi connectivity index (χ1n) is 7.89. The molecule has 3 atom stereocenters. The van der Waals surface area contributed by atoms with Crippen LogP contribution in [-0.4, -0.2) is 5.71 Å². The van der Waals surface area contributed by atoms with Gasteiger partial charge in [-0.25, -0.2) is 0 Å². The van der Waals surface area contributed by atoms with Crippen molar-refractivity contribution < 1.29 is 5.41 Å². The maximum Gasteiger partial charge on any atom is 0.230 e. The minimum atomic E-state index is -1.51. The number of allylic oxidation sites excluding steroid dienone is 2. The predicted molar refractivity (Wildman–Crippen MR) is 89.3 cm³/mol. The largest absolute Gasteiger partial charge is 0.258 e. The Bertz CT molecular complexity index is 818. The van der Waals surface area contributed by atoms with Crippen LogP contribution in [0, 0.1) is 51.2 Å². The summed E-state index contributed by atoms with van der Waals surface area (Å²) in [6, 6.07) is 13.7. The Labute approximate surface area is 146 Å². The molecular formula is C19H16ClN4+. The molecule has 0 aliphatic heterocycles. The Hall–Kier alpha value is -2.61. The third kappa shape index (κ3) is 2.22. The average molecular weight is 336 g/mol. The molecule has 2 aliphatic rings. The van der Waals surface area contributed by atoms with Crippen molar-refractivity contribution in [2.24, 2.45) is 17.3 Å². The van der Waals surface area contributed by atoms with Gasteiger partial charge in [-0.2, -0.15) is 15.8 Å². The molecule has 4 nitrogen and oxygen atoms in total. The highest BCUT2D eigenvalue weighted by atomic mass is 35.5. The van der Waals surface area contributed by atoms with E-state index in [1.54, 1.807) is 12.1 Å². The normalized spacial score (nSPS) is 27.8. The van der Waals surface area contributed by atoms with E-state index in [0.717, 1.165) is 30.4 Å². The van der Waals surface area contributed by atoms with Crippen LogP contribution in [-0.2, 0) is 0 Å². The lowest BCUT2D eigenvalue weighted by molar-refractivity contribution is -0.128. The van der Waals surface area contributed by atoms with Crippen molar-refractivity contribution in [2.75, 3.05) is 0 Å². The van der Waals surface area contributed by atoms with E-state index in [9.17, 15) is 15.8 Å². The standard InChI is InChI=1S/C19H15ClN4/c20-13-7-5-12(6-8-13)17-15-4-2-1-3-14(15)16(9-21)18(24)19(17,10-22)11-23/h3,5-8,15-17,24H,1-2,4H2/p+1/t15-,16-,17+/m0/s1. The van der Waals surface area contributed by atoms with E-state index >= 15 is 0 Å². The second kappa shape index (κ2) is 6.12. The molecule has 0 saturated heterocycles. The average Bonchev–Trinajstić information content (AvgIpc) is 2.62. The molecule has 0 radical (unpaired) electrons. The number of rotatable bonds is 1. The SMILES string of the molecule is N#C[C@@H]1C(=[NH2+])C(C#N)(C#N)[C@H](c2ccc(Cl)cc2)[C@H]2CCCC=C12. The molecule has 24 heavy (non-hydrogen) atoms. The summed E-state index contributed by atoms with van der Waals surface area (Å²) < 4.78 is 0. The number of nitrogens with zero attached hydrogens (tertiary/aromatic N) is 3. The number of hydrogen-bond donors (Lipinski definition) is 1. The second-order valence-corrected chi connectivity index (χ2v) is 6.76. The van der Waals surface area contributed by atoms with Crippen LogP contribution in [0.4, 0.5) is 0 Å². The van der Waals surface area contributed by atoms with Crippen molar-refractivity contribution in [3.8, 4) is 18.2 Å². The van der Waals surface area contributed by atoms with Gasteiger partial charge >= 0.3 is 0 Å². The van der Waals surface area contributed by atoms with Crippen LogP contribution in [0.3, 0.4) is 0 Å². The lowest BCUT2D eigenvalue weighted by Crippen LogP contribution is -2.60. The summed E-state index contributed by atoms with van der Waals surface area (Å²) in [5, 5.41) is 36.2. The molecule has 1 saturated carbocycles. The lowest BCUT2D eigenvalue weighted by Gasteiger charge is -2.43. The summed E-state index contributed by atoms with van der Waals surface area (Å²) in [7, 11) is 0. The van der Waals surface area contributed by atoms with E-state index in [0.29, 0.717) is 5.02 Å². The Balaban J connectivity index is 2.24. The molecule has 0 bridgehead atoms.